The van der Waals surface area contributed by atoms with Crippen LogP contribution in [0.25, 0.3) is 0 Å². The van der Waals surface area contributed by atoms with Gasteiger partial charge in [-0.25, -0.2) is 4.79 Å². The minimum absolute atomic E-state index is 0.206. The summed E-state index contributed by atoms with van der Waals surface area (Å²) in [5.41, 5.74) is 0.102. The first-order chi connectivity index (χ1) is 7.60. The number of urea groups is 1. The van der Waals surface area contributed by atoms with Crippen molar-refractivity contribution >= 4 is 11.7 Å². The Labute approximate surface area is 94.7 Å². The van der Waals surface area contributed by atoms with Crippen molar-refractivity contribution in [3.63, 3.8) is 0 Å². The standard InChI is InChI=1S/C11H17N3O2/c1-4-14(5-2)11(16)12-9-7-6-8-13(3)10(9)15/h6-8H,4-5H2,1-3H3,(H,12,16). The summed E-state index contributed by atoms with van der Waals surface area (Å²) >= 11 is 0. The highest BCUT2D eigenvalue weighted by atomic mass is 16.2. The molecule has 0 unspecified atom stereocenters. The van der Waals surface area contributed by atoms with Gasteiger partial charge in [0.1, 0.15) is 5.69 Å². The zero-order valence-electron chi connectivity index (χ0n) is 9.86. The maximum Gasteiger partial charge on any atom is 0.321 e. The number of aryl methyl sites for hydroxylation is 1. The largest absolute Gasteiger partial charge is 0.325 e. The number of carbonyl (C=O) groups is 1. The van der Waals surface area contributed by atoms with Crippen LogP contribution in [0.1, 0.15) is 13.8 Å². The Hall–Kier alpha value is -1.78. The Morgan fingerprint density at radius 1 is 1.44 bits per heavy atom. The van der Waals surface area contributed by atoms with Crippen LogP contribution in [0.4, 0.5) is 10.5 Å². The molecule has 5 heteroatoms. The quantitative estimate of drug-likeness (QED) is 0.838. The number of hydrogen-bond acceptors (Lipinski definition) is 2. The van der Waals surface area contributed by atoms with Crippen molar-refractivity contribution in [3.8, 4) is 0 Å². The Morgan fingerprint density at radius 3 is 2.62 bits per heavy atom. The van der Waals surface area contributed by atoms with E-state index in [4.69, 9.17) is 0 Å². The molecule has 1 rings (SSSR count). The van der Waals surface area contributed by atoms with Crippen LogP contribution in [0.2, 0.25) is 0 Å². The van der Waals surface area contributed by atoms with Crippen LogP contribution in [-0.2, 0) is 7.05 Å². The van der Waals surface area contributed by atoms with E-state index in [1.165, 1.54) is 4.57 Å². The Balaban J connectivity index is 2.85. The SMILES string of the molecule is CCN(CC)C(=O)Nc1cccn(C)c1=O. The molecule has 0 aliphatic carbocycles. The van der Waals surface area contributed by atoms with Gasteiger partial charge in [0.25, 0.3) is 5.56 Å². The minimum Gasteiger partial charge on any atom is -0.325 e. The first-order valence-corrected chi connectivity index (χ1v) is 5.31. The Kier molecular flexibility index (Phi) is 4.10. The van der Waals surface area contributed by atoms with Crippen molar-refractivity contribution in [2.24, 2.45) is 7.05 Å². The van der Waals surface area contributed by atoms with Gasteiger partial charge in [0.05, 0.1) is 0 Å². The Bertz CT molecular complexity index is 421. The third-order valence-electron chi connectivity index (χ3n) is 2.42. The van der Waals surface area contributed by atoms with Crippen molar-refractivity contribution < 1.29 is 4.79 Å². The molecule has 0 aliphatic rings. The zero-order valence-corrected chi connectivity index (χ0v) is 9.86. The molecule has 0 saturated heterocycles. The predicted molar refractivity (Wildman–Crippen MR) is 63.6 cm³/mol. The second-order valence-corrected chi connectivity index (χ2v) is 3.44. The molecule has 1 N–H and O–H groups in total. The third-order valence-corrected chi connectivity index (χ3v) is 2.42. The topological polar surface area (TPSA) is 54.3 Å². The molecule has 0 spiro atoms. The van der Waals surface area contributed by atoms with Crippen molar-refractivity contribution in [1.29, 1.82) is 0 Å². The highest BCUT2D eigenvalue weighted by molar-refractivity contribution is 5.88. The summed E-state index contributed by atoms with van der Waals surface area (Å²) < 4.78 is 1.43. The maximum atomic E-state index is 11.7. The number of rotatable bonds is 3. The lowest BCUT2D eigenvalue weighted by atomic mass is 10.4. The lowest BCUT2D eigenvalue weighted by Crippen LogP contribution is -2.36. The number of nitrogens with one attached hydrogen (secondary N) is 1. The molecule has 0 fully saturated rings. The van der Waals surface area contributed by atoms with E-state index >= 15 is 0 Å². The van der Waals surface area contributed by atoms with Crippen molar-refractivity contribution in [3.05, 3.63) is 28.7 Å². The Morgan fingerprint density at radius 2 is 2.06 bits per heavy atom. The van der Waals surface area contributed by atoms with Crippen LogP contribution >= 0.6 is 0 Å². The summed E-state index contributed by atoms with van der Waals surface area (Å²) in [6, 6.07) is 3.08. The van der Waals surface area contributed by atoms with Gasteiger partial charge in [-0.1, -0.05) is 0 Å². The molecule has 0 saturated carbocycles. The van der Waals surface area contributed by atoms with Gasteiger partial charge in [0, 0.05) is 26.3 Å². The van der Waals surface area contributed by atoms with E-state index in [1.54, 1.807) is 30.3 Å². The second kappa shape index (κ2) is 5.34. The number of carbonyl (C=O) groups excluding carboxylic acids is 1. The van der Waals surface area contributed by atoms with Crippen LogP contribution in [0.5, 0.6) is 0 Å². The zero-order chi connectivity index (χ0) is 12.1. The summed E-state index contributed by atoms with van der Waals surface area (Å²) in [6.45, 7) is 5.03. The van der Waals surface area contributed by atoms with E-state index in [2.05, 4.69) is 5.32 Å². The summed E-state index contributed by atoms with van der Waals surface area (Å²) in [5.74, 6) is 0. The third kappa shape index (κ3) is 2.62. The summed E-state index contributed by atoms with van der Waals surface area (Å²) in [4.78, 5) is 25.0. The molecule has 0 radical (unpaired) electrons. The molecule has 1 heterocycles. The van der Waals surface area contributed by atoms with E-state index < -0.39 is 0 Å². The maximum absolute atomic E-state index is 11.7. The molecule has 16 heavy (non-hydrogen) atoms. The van der Waals surface area contributed by atoms with Crippen molar-refractivity contribution in [1.82, 2.24) is 9.47 Å². The number of nitrogens with zero attached hydrogens (tertiary/aromatic N) is 2. The van der Waals surface area contributed by atoms with Crippen molar-refractivity contribution in [2.75, 3.05) is 18.4 Å². The van der Waals surface area contributed by atoms with E-state index in [9.17, 15) is 9.59 Å². The highest BCUT2D eigenvalue weighted by Crippen LogP contribution is 2.00. The van der Waals surface area contributed by atoms with Gasteiger partial charge in [0.2, 0.25) is 0 Å². The van der Waals surface area contributed by atoms with Gasteiger partial charge in [0.15, 0.2) is 0 Å². The average molecular weight is 223 g/mol. The van der Waals surface area contributed by atoms with E-state index in [0.717, 1.165) is 0 Å². The van der Waals surface area contributed by atoms with Crippen LogP contribution in [-0.4, -0.2) is 28.6 Å². The fraction of sp³-hybridized carbons (Fsp3) is 0.455. The van der Waals surface area contributed by atoms with Gasteiger partial charge >= 0.3 is 6.03 Å². The lowest BCUT2D eigenvalue weighted by molar-refractivity contribution is 0.217. The van der Waals surface area contributed by atoms with Gasteiger partial charge in [-0.2, -0.15) is 0 Å². The van der Waals surface area contributed by atoms with Crippen LogP contribution < -0.4 is 10.9 Å². The molecule has 0 atom stereocenters. The number of aromatic nitrogens is 1. The van der Waals surface area contributed by atoms with Gasteiger partial charge in [-0.05, 0) is 26.0 Å². The normalized spacial score (nSPS) is 9.94. The molecular weight excluding hydrogens is 206 g/mol. The average Bonchev–Trinajstić information content (AvgIpc) is 2.26. The molecule has 0 aliphatic heterocycles. The van der Waals surface area contributed by atoms with Crippen molar-refractivity contribution in [2.45, 2.75) is 13.8 Å². The second-order valence-electron chi connectivity index (χ2n) is 3.44. The summed E-state index contributed by atoms with van der Waals surface area (Å²) in [6.07, 6.45) is 1.65. The molecular formula is C11H17N3O2. The number of amides is 2. The van der Waals surface area contributed by atoms with Crippen LogP contribution in [0.15, 0.2) is 23.1 Å². The molecule has 88 valence electrons. The van der Waals surface area contributed by atoms with E-state index in [-0.39, 0.29) is 11.6 Å². The smallest absolute Gasteiger partial charge is 0.321 e. The van der Waals surface area contributed by atoms with E-state index in [1.807, 2.05) is 13.8 Å². The number of hydrogen-bond donors (Lipinski definition) is 1. The predicted octanol–water partition coefficient (Wildman–Crippen LogP) is 1.26. The molecule has 0 bridgehead atoms. The highest BCUT2D eigenvalue weighted by Gasteiger charge is 2.11. The van der Waals surface area contributed by atoms with Crippen LogP contribution in [0, 0.1) is 0 Å². The monoisotopic (exact) mass is 223 g/mol. The fourth-order valence-electron chi connectivity index (χ4n) is 1.40. The molecule has 2 amide bonds. The molecule has 5 nitrogen and oxygen atoms in total. The van der Waals surface area contributed by atoms with Gasteiger partial charge in [-0.15, -0.1) is 0 Å². The summed E-state index contributed by atoms with van der Waals surface area (Å²) in [7, 11) is 1.65. The van der Waals surface area contributed by atoms with Crippen LogP contribution in [0.3, 0.4) is 0 Å². The summed E-state index contributed by atoms with van der Waals surface area (Å²) in [5, 5.41) is 2.61. The van der Waals surface area contributed by atoms with Gasteiger partial charge in [-0.3, -0.25) is 4.79 Å². The van der Waals surface area contributed by atoms with Gasteiger partial charge < -0.3 is 14.8 Å². The molecule has 1 aromatic heterocycles. The minimum atomic E-state index is -0.242. The lowest BCUT2D eigenvalue weighted by Gasteiger charge is -2.18. The molecule has 0 aromatic carbocycles. The first-order valence-electron chi connectivity index (χ1n) is 5.31. The number of anilines is 1. The first kappa shape index (κ1) is 12.3. The van der Waals surface area contributed by atoms with E-state index in [0.29, 0.717) is 18.8 Å². The number of pyridine rings is 1. The molecule has 1 aromatic rings. The fourth-order valence-corrected chi connectivity index (χ4v) is 1.40.